The number of carbonyl (C=O) groups excluding carboxylic acids is 1. The van der Waals surface area contributed by atoms with E-state index in [1.54, 1.807) is 41.1 Å². The maximum Gasteiger partial charge on any atom is 0.573 e. The van der Waals surface area contributed by atoms with Crippen LogP contribution in [0.1, 0.15) is 0 Å². The molecule has 2 heterocycles. The quantitative estimate of drug-likeness (QED) is 0.382. The van der Waals surface area contributed by atoms with E-state index in [9.17, 15) is 18.0 Å². The molecular formula is C23H19F3N4O5. The third-order valence-corrected chi connectivity index (χ3v) is 4.82. The van der Waals surface area contributed by atoms with E-state index in [1.165, 1.54) is 26.4 Å². The zero-order chi connectivity index (χ0) is 25.0. The number of nitrogens with zero attached hydrogens (tertiary/aromatic N) is 3. The summed E-state index contributed by atoms with van der Waals surface area (Å²) in [6.45, 7) is -0.0656. The lowest BCUT2D eigenvalue weighted by Crippen LogP contribution is -2.19. The van der Waals surface area contributed by atoms with Gasteiger partial charge in [-0.15, -0.1) is 13.2 Å². The van der Waals surface area contributed by atoms with Gasteiger partial charge in [-0.1, -0.05) is 5.16 Å². The lowest BCUT2D eigenvalue weighted by Gasteiger charge is -2.12. The van der Waals surface area contributed by atoms with Crippen LogP contribution in [0.5, 0.6) is 17.2 Å². The highest BCUT2D eigenvalue weighted by Crippen LogP contribution is 2.30. The van der Waals surface area contributed by atoms with Gasteiger partial charge in [-0.25, -0.2) is 0 Å². The maximum absolute atomic E-state index is 12.7. The Morgan fingerprint density at radius 1 is 1.06 bits per heavy atom. The summed E-state index contributed by atoms with van der Waals surface area (Å²) in [4.78, 5) is 17.0. The molecule has 0 fully saturated rings. The molecule has 1 N–H and O–H groups in total. The van der Waals surface area contributed by atoms with Gasteiger partial charge < -0.3 is 28.6 Å². The van der Waals surface area contributed by atoms with Crippen LogP contribution in [0, 0.1) is 0 Å². The Balaban J connectivity index is 1.48. The second kappa shape index (κ2) is 9.79. The van der Waals surface area contributed by atoms with Crippen molar-refractivity contribution < 1.29 is 36.7 Å². The van der Waals surface area contributed by atoms with E-state index in [-0.39, 0.29) is 29.9 Å². The number of hydrogen-bond donors (Lipinski definition) is 1. The number of nitrogens with one attached hydrogen (secondary N) is 1. The van der Waals surface area contributed by atoms with Crippen molar-refractivity contribution in [3.8, 4) is 40.2 Å². The van der Waals surface area contributed by atoms with Crippen LogP contribution < -0.4 is 19.5 Å². The number of rotatable bonds is 8. The molecule has 0 unspecified atom stereocenters. The Morgan fingerprint density at radius 2 is 1.80 bits per heavy atom. The topological polar surface area (TPSA) is 101 Å². The third kappa shape index (κ3) is 5.72. The number of benzene rings is 2. The van der Waals surface area contributed by atoms with Crippen LogP contribution in [-0.4, -0.2) is 41.2 Å². The van der Waals surface area contributed by atoms with Gasteiger partial charge in [0.25, 0.3) is 5.89 Å². The van der Waals surface area contributed by atoms with Crippen LogP contribution in [0.2, 0.25) is 0 Å². The molecular weight excluding hydrogens is 469 g/mol. The monoisotopic (exact) mass is 488 g/mol. The van der Waals surface area contributed by atoms with Crippen LogP contribution >= 0.6 is 0 Å². The van der Waals surface area contributed by atoms with Crippen LogP contribution in [0.25, 0.3) is 23.0 Å². The first-order valence-electron chi connectivity index (χ1n) is 10.1. The molecule has 35 heavy (non-hydrogen) atoms. The average Bonchev–Trinajstić information content (AvgIpc) is 3.48. The van der Waals surface area contributed by atoms with Crippen molar-refractivity contribution in [2.45, 2.75) is 12.9 Å². The van der Waals surface area contributed by atoms with Crippen LogP contribution in [0.15, 0.2) is 65.3 Å². The molecule has 2 aromatic heterocycles. The van der Waals surface area contributed by atoms with Crippen molar-refractivity contribution in [2.75, 3.05) is 19.5 Å². The van der Waals surface area contributed by atoms with Gasteiger partial charge >= 0.3 is 6.36 Å². The van der Waals surface area contributed by atoms with E-state index < -0.39 is 6.36 Å². The molecule has 0 bridgehead atoms. The first-order valence-corrected chi connectivity index (χ1v) is 10.1. The van der Waals surface area contributed by atoms with E-state index in [1.807, 2.05) is 0 Å². The van der Waals surface area contributed by atoms with Crippen molar-refractivity contribution >= 4 is 11.6 Å². The minimum Gasteiger partial charge on any atom is -0.497 e. The summed E-state index contributed by atoms with van der Waals surface area (Å²) < 4.78 is 58.3. The number of halogens is 3. The fourth-order valence-electron chi connectivity index (χ4n) is 3.25. The normalized spacial score (nSPS) is 11.2. The fourth-order valence-corrected chi connectivity index (χ4v) is 3.25. The third-order valence-electron chi connectivity index (χ3n) is 4.82. The zero-order valence-corrected chi connectivity index (χ0v) is 18.5. The van der Waals surface area contributed by atoms with Crippen molar-refractivity contribution in [1.29, 1.82) is 0 Å². The van der Waals surface area contributed by atoms with Gasteiger partial charge in [0.15, 0.2) is 0 Å². The van der Waals surface area contributed by atoms with E-state index >= 15 is 0 Å². The van der Waals surface area contributed by atoms with E-state index in [0.717, 1.165) is 12.1 Å². The number of alkyl halides is 3. The van der Waals surface area contributed by atoms with Crippen LogP contribution in [0.4, 0.5) is 18.9 Å². The molecule has 9 nitrogen and oxygen atoms in total. The zero-order valence-electron chi connectivity index (χ0n) is 18.5. The van der Waals surface area contributed by atoms with Crippen molar-refractivity contribution in [2.24, 2.45) is 0 Å². The molecule has 0 aliphatic carbocycles. The number of aromatic nitrogens is 3. The molecule has 0 saturated carbocycles. The largest absolute Gasteiger partial charge is 0.573 e. The molecule has 0 aliphatic rings. The van der Waals surface area contributed by atoms with Crippen molar-refractivity contribution in [1.82, 2.24) is 14.7 Å². The summed E-state index contributed by atoms with van der Waals surface area (Å²) in [5.41, 5.74) is 1.35. The van der Waals surface area contributed by atoms with Crippen molar-refractivity contribution in [3.63, 3.8) is 0 Å². The van der Waals surface area contributed by atoms with E-state index in [2.05, 4.69) is 20.2 Å². The molecule has 0 spiro atoms. The lowest BCUT2D eigenvalue weighted by molar-refractivity contribution is -0.274. The highest BCUT2D eigenvalue weighted by molar-refractivity contribution is 5.92. The maximum atomic E-state index is 12.7. The highest BCUT2D eigenvalue weighted by Gasteiger charge is 2.31. The molecule has 0 atom stereocenters. The van der Waals surface area contributed by atoms with Crippen LogP contribution in [-0.2, 0) is 11.3 Å². The lowest BCUT2D eigenvalue weighted by atomic mass is 10.2. The molecule has 4 aromatic rings. The summed E-state index contributed by atoms with van der Waals surface area (Å²) in [7, 11) is 3.01. The smallest absolute Gasteiger partial charge is 0.497 e. The Bertz CT molecular complexity index is 1320. The fraction of sp³-hybridized carbons (Fsp3) is 0.174. The Kier molecular flexibility index (Phi) is 6.62. The van der Waals surface area contributed by atoms with E-state index in [0.29, 0.717) is 28.4 Å². The molecule has 4 rings (SSSR count). The minimum absolute atomic E-state index is 0.0656. The molecule has 0 radical (unpaired) electrons. The molecule has 0 aliphatic heterocycles. The Labute approximate surface area is 197 Å². The van der Waals surface area contributed by atoms with E-state index in [4.69, 9.17) is 14.0 Å². The number of ether oxygens (including phenoxy) is 3. The van der Waals surface area contributed by atoms with Crippen molar-refractivity contribution in [3.05, 3.63) is 60.8 Å². The number of anilines is 1. The van der Waals surface area contributed by atoms with Gasteiger partial charge in [0.05, 0.1) is 19.9 Å². The molecule has 1 amide bonds. The first-order chi connectivity index (χ1) is 16.8. The number of methoxy groups -OCH3 is 2. The molecule has 0 saturated heterocycles. The van der Waals surface area contributed by atoms with Gasteiger partial charge in [-0.2, -0.15) is 4.98 Å². The number of hydrogen-bond acceptors (Lipinski definition) is 7. The summed E-state index contributed by atoms with van der Waals surface area (Å²) >= 11 is 0. The Hall–Kier alpha value is -4.48. The minimum atomic E-state index is -4.78. The predicted octanol–water partition coefficient (Wildman–Crippen LogP) is 4.76. The first kappa shape index (κ1) is 23.7. The van der Waals surface area contributed by atoms with Gasteiger partial charge in [-0.05, 0) is 48.5 Å². The summed E-state index contributed by atoms with van der Waals surface area (Å²) in [5.74, 6) is 0.620. The number of carbonyl (C=O) groups is 1. The van der Waals surface area contributed by atoms with Crippen LogP contribution in [0.3, 0.4) is 0 Å². The predicted molar refractivity (Wildman–Crippen MR) is 118 cm³/mol. The molecule has 12 heteroatoms. The summed E-state index contributed by atoms with van der Waals surface area (Å²) in [6, 6.07) is 13.5. The SMILES string of the molecule is COc1ccc(OC)c(NC(=O)Cn2cccc2-c2nc(-c3ccc(OC(F)(F)F)cc3)no2)c1. The summed E-state index contributed by atoms with van der Waals surface area (Å²) in [6.07, 6.45) is -3.11. The van der Waals surface area contributed by atoms with Gasteiger partial charge in [0.2, 0.25) is 11.7 Å². The van der Waals surface area contributed by atoms with Gasteiger partial charge in [0, 0.05) is 17.8 Å². The van der Waals surface area contributed by atoms with Gasteiger partial charge in [-0.3, -0.25) is 4.79 Å². The number of amides is 1. The average molecular weight is 488 g/mol. The molecule has 182 valence electrons. The molecule has 2 aromatic carbocycles. The van der Waals surface area contributed by atoms with Gasteiger partial charge in [0.1, 0.15) is 29.5 Å². The highest BCUT2D eigenvalue weighted by atomic mass is 19.4. The standard InChI is InChI=1S/C23H19F3N4O5/c1-32-16-9-10-19(33-2)17(12-16)27-20(31)13-30-11-3-4-18(30)22-28-21(29-35-22)14-5-7-15(8-6-14)34-23(24,25)26/h3-12H,13H2,1-2H3,(H,27,31). The Morgan fingerprint density at radius 3 is 2.49 bits per heavy atom. The second-order valence-electron chi connectivity index (χ2n) is 7.13. The second-order valence-corrected chi connectivity index (χ2v) is 7.13. The summed E-state index contributed by atoms with van der Waals surface area (Å²) in [5, 5.41) is 6.67.